The number of carbonyl (C=O) groups is 1. The highest BCUT2D eigenvalue weighted by Gasteiger charge is 2.37. The third-order valence-electron chi connectivity index (χ3n) is 4.57. The molecule has 2 unspecified atom stereocenters. The van der Waals surface area contributed by atoms with Gasteiger partial charge in [0.25, 0.3) is 0 Å². The Morgan fingerprint density at radius 3 is 2.43 bits per heavy atom. The third kappa shape index (κ3) is 6.79. The number of carboxylic acid groups (broad SMARTS) is 1. The molecule has 0 aromatic carbocycles. The maximum absolute atomic E-state index is 11.5. The zero-order valence-electron chi connectivity index (χ0n) is 14.5. The highest BCUT2D eigenvalue weighted by molar-refractivity contribution is 5.78. The average molecular weight is 298 g/mol. The van der Waals surface area contributed by atoms with Gasteiger partial charge in [0.2, 0.25) is 0 Å². The third-order valence-corrected chi connectivity index (χ3v) is 4.57. The van der Waals surface area contributed by atoms with Crippen molar-refractivity contribution in [3.63, 3.8) is 0 Å². The molecule has 0 aromatic heterocycles. The first-order valence-corrected chi connectivity index (χ1v) is 8.46. The SMILES string of the molecule is CC(C)CC(C)N(C)CCCCC(C)(NC1CC1)C(=O)O. The molecule has 0 radical (unpaired) electrons. The molecule has 0 aliphatic heterocycles. The topological polar surface area (TPSA) is 52.6 Å². The number of unbranched alkanes of at least 4 members (excludes halogenated alkanes) is 1. The van der Waals surface area contributed by atoms with Crippen LogP contribution in [-0.2, 0) is 4.79 Å². The van der Waals surface area contributed by atoms with E-state index in [0.29, 0.717) is 18.5 Å². The van der Waals surface area contributed by atoms with Gasteiger partial charge in [0.05, 0.1) is 0 Å². The molecule has 4 heteroatoms. The van der Waals surface area contributed by atoms with Crippen molar-refractivity contribution in [2.45, 2.75) is 83.8 Å². The molecule has 124 valence electrons. The van der Waals surface area contributed by atoms with Crippen molar-refractivity contribution in [3.8, 4) is 0 Å². The fourth-order valence-corrected chi connectivity index (χ4v) is 2.84. The maximum Gasteiger partial charge on any atom is 0.323 e. The normalized spacial score (nSPS) is 19.8. The number of hydrogen-bond acceptors (Lipinski definition) is 3. The van der Waals surface area contributed by atoms with Crippen molar-refractivity contribution in [1.82, 2.24) is 10.2 Å². The van der Waals surface area contributed by atoms with Crippen LogP contribution in [0.25, 0.3) is 0 Å². The summed E-state index contributed by atoms with van der Waals surface area (Å²) in [7, 11) is 2.17. The Balaban J connectivity index is 2.26. The minimum atomic E-state index is -0.747. The standard InChI is InChI=1S/C17H34N2O2/c1-13(2)12-14(3)19(5)11-7-6-10-17(4,16(20)21)18-15-8-9-15/h13-15,18H,6-12H2,1-5H3,(H,20,21). The van der Waals surface area contributed by atoms with E-state index < -0.39 is 11.5 Å². The van der Waals surface area contributed by atoms with E-state index in [1.165, 1.54) is 6.42 Å². The van der Waals surface area contributed by atoms with Crippen molar-refractivity contribution in [2.24, 2.45) is 5.92 Å². The van der Waals surface area contributed by atoms with Gasteiger partial charge < -0.3 is 10.0 Å². The highest BCUT2D eigenvalue weighted by Crippen LogP contribution is 2.25. The van der Waals surface area contributed by atoms with Crippen LogP contribution in [0.15, 0.2) is 0 Å². The van der Waals surface area contributed by atoms with E-state index in [2.05, 4.69) is 38.0 Å². The molecule has 0 spiro atoms. The summed E-state index contributed by atoms with van der Waals surface area (Å²) in [5.74, 6) is 0.0106. The van der Waals surface area contributed by atoms with Crippen LogP contribution in [0.5, 0.6) is 0 Å². The van der Waals surface area contributed by atoms with Gasteiger partial charge >= 0.3 is 5.97 Å². The quantitative estimate of drug-likeness (QED) is 0.575. The molecule has 21 heavy (non-hydrogen) atoms. The van der Waals surface area contributed by atoms with Crippen LogP contribution >= 0.6 is 0 Å². The largest absolute Gasteiger partial charge is 0.480 e. The molecule has 0 amide bonds. The van der Waals surface area contributed by atoms with Crippen molar-refractivity contribution in [3.05, 3.63) is 0 Å². The molecule has 1 rings (SSSR count). The molecular formula is C17H34N2O2. The molecule has 2 atom stereocenters. The summed E-state index contributed by atoms with van der Waals surface area (Å²) in [5.41, 5.74) is -0.747. The molecule has 0 saturated heterocycles. The second-order valence-corrected chi connectivity index (χ2v) is 7.47. The van der Waals surface area contributed by atoms with Gasteiger partial charge in [-0.3, -0.25) is 10.1 Å². The molecule has 1 aliphatic carbocycles. The summed E-state index contributed by atoms with van der Waals surface area (Å²) in [6.07, 6.45) is 6.20. The lowest BCUT2D eigenvalue weighted by Crippen LogP contribution is -2.50. The summed E-state index contributed by atoms with van der Waals surface area (Å²) in [4.78, 5) is 13.9. The Morgan fingerprint density at radius 2 is 1.95 bits per heavy atom. The molecule has 0 aromatic rings. The molecular weight excluding hydrogens is 264 g/mol. The van der Waals surface area contributed by atoms with Crippen LogP contribution < -0.4 is 5.32 Å². The first-order chi connectivity index (χ1) is 9.74. The molecule has 0 heterocycles. The zero-order chi connectivity index (χ0) is 16.0. The summed E-state index contributed by atoms with van der Waals surface area (Å²) in [6.45, 7) is 9.67. The fourth-order valence-electron chi connectivity index (χ4n) is 2.84. The highest BCUT2D eigenvalue weighted by atomic mass is 16.4. The van der Waals surface area contributed by atoms with Gasteiger partial charge in [-0.1, -0.05) is 13.8 Å². The molecule has 1 aliphatic rings. The Morgan fingerprint density at radius 1 is 1.33 bits per heavy atom. The van der Waals surface area contributed by atoms with Crippen molar-refractivity contribution >= 4 is 5.97 Å². The summed E-state index contributed by atoms with van der Waals surface area (Å²) >= 11 is 0. The van der Waals surface area contributed by atoms with E-state index in [1.807, 2.05) is 6.92 Å². The summed E-state index contributed by atoms with van der Waals surface area (Å²) in [5, 5.41) is 12.7. The number of nitrogens with zero attached hydrogens (tertiary/aromatic N) is 1. The van der Waals surface area contributed by atoms with Crippen molar-refractivity contribution < 1.29 is 9.90 Å². The number of hydrogen-bond donors (Lipinski definition) is 2. The molecule has 4 nitrogen and oxygen atoms in total. The van der Waals surface area contributed by atoms with E-state index in [4.69, 9.17) is 0 Å². The van der Waals surface area contributed by atoms with Crippen LogP contribution in [0.1, 0.15) is 66.2 Å². The Bertz CT molecular complexity index is 329. The van der Waals surface area contributed by atoms with Gasteiger partial charge in [0, 0.05) is 12.1 Å². The lowest BCUT2D eigenvalue weighted by Gasteiger charge is -2.28. The smallest absolute Gasteiger partial charge is 0.323 e. The van der Waals surface area contributed by atoms with Crippen LogP contribution in [0.2, 0.25) is 0 Å². The van der Waals surface area contributed by atoms with Crippen LogP contribution in [-0.4, -0.2) is 47.2 Å². The van der Waals surface area contributed by atoms with Crippen LogP contribution in [0, 0.1) is 5.92 Å². The number of rotatable bonds is 11. The average Bonchev–Trinajstić information content (AvgIpc) is 3.17. The van der Waals surface area contributed by atoms with E-state index in [-0.39, 0.29) is 0 Å². The predicted molar refractivity (Wildman–Crippen MR) is 87.6 cm³/mol. The second-order valence-electron chi connectivity index (χ2n) is 7.47. The van der Waals surface area contributed by atoms with Gasteiger partial charge in [-0.05, 0) is 71.9 Å². The van der Waals surface area contributed by atoms with Gasteiger partial charge in [0.15, 0.2) is 0 Å². The van der Waals surface area contributed by atoms with Gasteiger partial charge in [0.1, 0.15) is 5.54 Å². The minimum Gasteiger partial charge on any atom is -0.480 e. The van der Waals surface area contributed by atoms with Crippen LogP contribution in [0.3, 0.4) is 0 Å². The van der Waals surface area contributed by atoms with Crippen molar-refractivity contribution in [1.29, 1.82) is 0 Å². The second kappa shape index (κ2) is 8.14. The summed E-state index contributed by atoms with van der Waals surface area (Å²) < 4.78 is 0. The molecule has 1 fully saturated rings. The lowest BCUT2D eigenvalue weighted by atomic mass is 9.94. The molecule has 1 saturated carbocycles. The number of aliphatic carboxylic acids is 1. The minimum absolute atomic E-state index is 0.430. The maximum atomic E-state index is 11.5. The van der Waals surface area contributed by atoms with Gasteiger partial charge in [-0.2, -0.15) is 0 Å². The Kier molecular flexibility index (Phi) is 7.14. The van der Waals surface area contributed by atoms with Gasteiger partial charge in [-0.25, -0.2) is 0 Å². The van der Waals surface area contributed by atoms with E-state index in [1.54, 1.807) is 0 Å². The molecule has 0 bridgehead atoms. The Labute approximate surface area is 130 Å². The number of nitrogens with one attached hydrogen (secondary N) is 1. The van der Waals surface area contributed by atoms with E-state index >= 15 is 0 Å². The number of carboxylic acids is 1. The first-order valence-electron chi connectivity index (χ1n) is 8.46. The molecule has 2 N–H and O–H groups in total. The summed E-state index contributed by atoms with van der Waals surface area (Å²) in [6, 6.07) is 1.03. The van der Waals surface area contributed by atoms with Crippen LogP contribution in [0.4, 0.5) is 0 Å². The van der Waals surface area contributed by atoms with E-state index in [9.17, 15) is 9.90 Å². The van der Waals surface area contributed by atoms with Gasteiger partial charge in [-0.15, -0.1) is 0 Å². The first kappa shape index (κ1) is 18.4. The van der Waals surface area contributed by atoms with Crippen molar-refractivity contribution in [2.75, 3.05) is 13.6 Å². The lowest BCUT2D eigenvalue weighted by molar-refractivity contribution is -0.144. The monoisotopic (exact) mass is 298 g/mol. The zero-order valence-corrected chi connectivity index (χ0v) is 14.5. The van der Waals surface area contributed by atoms with E-state index in [0.717, 1.165) is 38.1 Å². The predicted octanol–water partition coefficient (Wildman–Crippen LogP) is 3.12. The Hall–Kier alpha value is -0.610. The fraction of sp³-hybridized carbons (Fsp3) is 0.941.